The summed E-state index contributed by atoms with van der Waals surface area (Å²) in [5.41, 5.74) is 2.43. The highest BCUT2D eigenvalue weighted by atomic mass is 16.4. The molecular weight excluding hydrogens is 384 g/mol. The van der Waals surface area contributed by atoms with Crippen LogP contribution in [0.2, 0.25) is 0 Å². The molecule has 1 fully saturated rings. The Hall–Kier alpha value is -3.36. The molecule has 9 heteroatoms. The normalized spacial score (nSPS) is 16.8. The first-order chi connectivity index (χ1) is 14.4. The number of carbonyl (C=O) groups is 2. The van der Waals surface area contributed by atoms with Gasteiger partial charge in [0.15, 0.2) is 5.82 Å². The first kappa shape index (κ1) is 19.9. The highest BCUT2D eigenvalue weighted by molar-refractivity contribution is 5.98. The molecule has 0 saturated heterocycles. The summed E-state index contributed by atoms with van der Waals surface area (Å²) in [6.45, 7) is 4.36. The minimum absolute atomic E-state index is 0.0821. The van der Waals surface area contributed by atoms with Gasteiger partial charge in [-0.15, -0.1) is 0 Å². The summed E-state index contributed by atoms with van der Waals surface area (Å²) < 4.78 is 0. The molecule has 0 spiro atoms. The Morgan fingerprint density at radius 2 is 2.03 bits per heavy atom. The molecule has 30 heavy (non-hydrogen) atoms. The lowest BCUT2D eigenvalue weighted by atomic mass is 10.1. The maximum atomic E-state index is 12.9. The van der Waals surface area contributed by atoms with E-state index in [0.29, 0.717) is 24.0 Å². The van der Waals surface area contributed by atoms with Gasteiger partial charge in [-0.05, 0) is 50.5 Å². The summed E-state index contributed by atoms with van der Waals surface area (Å²) in [5, 5.41) is 16.1. The van der Waals surface area contributed by atoms with Crippen LogP contribution in [0.4, 0.5) is 27.9 Å². The Bertz CT molecular complexity index is 989. The quantitative estimate of drug-likeness (QED) is 0.773. The SMILES string of the molecule is CCN1C(=O)N(C)c2cnc(Nc3ccc(C(=O)O)cc3C)nc2N1C1CCCC1. The molecule has 2 aromatic rings. The van der Waals surface area contributed by atoms with Crippen LogP contribution in [0.1, 0.15) is 48.5 Å². The second kappa shape index (κ2) is 7.81. The second-order valence-electron chi connectivity index (χ2n) is 7.70. The van der Waals surface area contributed by atoms with Gasteiger partial charge in [-0.3, -0.25) is 9.91 Å². The Morgan fingerprint density at radius 1 is 1.30 bits per heavy atom. The molecule has 2 aliphatic rings. The summed E-state index contributed by atoms with van der Waals surface area (Å²) in [6.07, 6.45) is 6.00. The third-order valence-corrected chi connectivity index (χ3v) is 5.79. The van der Waals surface area contributed by atoms with Crippen molar-refractivity contribution in [1.82, 2.24) is 15.0 Å². The van der Waals surface area contributed by atoms with Crippen LogP contribution >= 0.6 is 0 Å². The van der Waals surface area contributed by atoms with Crippen LogP contribution in [-0.2, 0) is 0 Å². The lowest BCUT2D eigenvalue weighted by molar-refractivity contribution is 0.0696. The van der Waals surface area contributed by atoms with Gasteiger partial charge in [-0.25, -0.2) is 19.6 Å². The molecule has 4 rings (SSSR count). The van der Waals surface area contributed by atoms with Gasteiger partial charge in [0.2, 0.25) is 5.95 Å². The molecule has 158 valence electrons. The van der Waals surface area contributed by atoms with E-state index in [2.05, 4.69) is 10.3 Å². The van der Waals surface area contributed by atoms with E-state index in [1.165, 1.54) is 0 Å². The standard InChI is InChI=1S/C21H26N6O3/c1-4-26-21(30)25(3)17-12-22-20(24-18(17)27(26)15-7-5-6-8-15)23-16-10-9-14(19(28)29)11-13(16)2/h9-12,15H,4-8H2,1-3H3,(H,28,29)(H,22,23,24). The molecule has 0 bridgehead atoms. The number of carbonyl (C=O) groups excluding carboxylic acids is 1. The Balaban J connectivity index is 1.71. The van der Waals surface area contributed by atoms with Crippen molar-refractivity contribution < 1.29 is 14.7 Å². The van der Waals surface area contributed by atoms with E-state index in [4.69, 9.17) is 10.1 Å². The highest BCUT2D eigenvalue weighted by Crippen LogP contribution is 2.39. The zero-order chi connectivity index (χ0) is 21.4. The fraction of sp³-hybridized carbons (Fsp3) is 0.429. The van der Waals surface area contributed by atoms with Crippen LogP contribution in [0.5, 0.6) is 0 Å². The molecule has 0 unspecified atom stereocenters. The number of amides is 2. The highest BCUT2D eigenvalue weighted by Gasteiger charge is 2.39. The fourth-order valence-corrected chi connectivity index (χ4v) is 4.18. The number of hydrogen-bond donors (Lipinski definition) is 2. The van der Waals surface area contributed by atoms with Crippen LogP contribution in [0.3, 0.4) is 0 Å². The molecule has 1 aromatic carbocycles. The van der Waals surface area contributed by atoms with Crippen LogP contribution in [0.25, 0.3) is 0 Å². The Morgan fingerprint density at radius 3 is 2.67 bits per heavy atom. The van der Waals surface area contributed by atoms with Crippen molar-refractivity contribution in [2.75, 3.05) is 28.8 Å². The van der Waals surface area contributed by atoms with Gasteiger partial charge in [0.05, 0.1) is 17.8 Å². The van der Waals surface area contributed by atoms with Gasteiger partial charge in [-0.2, -0.15) is 4.98 Å². The molecule has 1 aliphatic carbocycles. The molecule has 2 heterocycles. The van der Waals surface area contributed by atoms with E-state index in [1.807, 2.05) is 18.9 Å². The predicted molar refractivity (Wildman–Crippen MR) is 114 cm³/mol. The number of anilines is 4. The monoisotopic (exact) mass is 410 g/mol. The van der Waals surface area contributed by atoms with Crippen LogP contribution in [0, 0.1) is 6.92 Å². The van der Waals surface area contributed by atoms with Crippen LogP contribution in [-0.4, -0.2) is 51.7 Å². The number of hydrazine groups is 1. The topological polar surface area (TPSA) is 102 Å². The van der Waals surface area contributed by atoms with E-state index in [1.54, 1.807) is 41.4 Å². The van der Waals surface area contributed by atoms with Gasteiger partial charge in [-0.1, -0.05) is 12.8 Å². The molecule has 0 radical (unpaired) electrons. The van der Waals surface area contributed by atoms with Crippen molar-refractivity contribution in [2.24, 2.45) is 0 Å². The number of urea groups is 1. The average Bonchev–Trinajstić information content (AvgIpc) is 3.26. The molecule has 0 atom stereocenters. The lowest BCUT2D eigenvalue weighted by Crippen LogP contribution is -2.59. The first-order valence-electron chi connectivity index (χ1n) is 10.2. The molecule has 9 nitrogen and oxygen atoms in total. The van der Waals surface area contributed by atoms with Crippen molar-refractivity contribution in [1.29, 1.82) is 0 Å². The summed E-state index contributed by atoms with van der Waals surface area (Å²) >= 11 is 0. The van der Waals surface area contributed by atoms with E-state index in [9.17, 15) is 9.59 Å². The predicted octanol–water partition coefficient (Wildman–Crippen LogP) is 3.78. The average molecular weight is 410 g/mol. The number of rotatable bonds is 5. The van der Waals surface area contributed by atoms with Gasteiger partial charge in [0, 0.05) is 19.3 Å². The molecule has 1 aliphatic heterocycles. The fourth-order valence-electron chi connectivity index (χ4n) is 4.18. The zero-order valence-electron chi connectivity index (χ0n) is 17.4. The molecular formula is C21H26N6O3. The minimum atomic E-state index is -0.964. The number of nitrogens with one attached hydrogen (secondary N) is 1. The number of carboxylic acid groups (broad SMARTS) is 1. The zero-order valence-corrected chi connectivity index (χ0v) is 17.4. The van der Waals surface area contributed by atoms with Gasteiger partial charge < -0.3 is 10.4 Å². The summed E-state index contributed by atoms with van der Waals surface area (Å²) in [7, 11) is 1.74. The molecule has 1 saturated carbocycles. The number of benzene rings is 1. The first-order valence-corrected chi connectivity index (χ1v) is 10.2. The van der Waals surface area contributed by atoms with E-state index in [0.717, 1.165) is 36.9 Å². The number of fused-ring (bicyclic) bond motifs is 1. The minimum Gasteiger partial charge on any atom is -0.478 e. The van der Waals surface area contributed by atoms with Crippen LogP contribution in [0.15, 0.2) is 24.4 Å². The van der Waals surface area contributed by atoms with Crippen molar-refractivity contribution in [3.63, 3.8) is 0 Å². The number of aryl methyl sites for hydroxylation is 1. The van der Waals surface area contributed by atoms with E-state index in [-0.39, 0.29) is 17.6 Å². The summed E-state index contributed by atoms with van der Waals surface area (Å²) in [4.78, 5) is 34.8. The third-order valence-electron chi connectivity index (χ3n) is 5.79. The van der Waals surface area contributed by atoms with E-state index >= 15 is 0 Å². The van der Waals surface area contributed by atoms with E-state index < -0.39 is 5.97 Å². The maximum absolute atomic E-state index is 12.9. The van der Waals surface area contributed by atoms with Crippen molar-refractivity contribution >= 4 is 35.1 Å². The smallest absolute Gasteiger partial charge is 0.343 e. The van der Waals surface area contributed by atoms with Crippen molar-refractivity contribution in [2.45, 2.75) is 45.6 Å². The van der Waals surface area contributed by atoms with Crippen molar-refractivity contribution in [3.05, 3.63) is 35.5 Å². The molecule has 2 amide bonds. The van der Waals surface area contributed by atoms with Gasteiger partial charge in [0.1, 0.15) is 5.69 Å². The Labute approximate surface area is 175 Å². The summed E-state index contributed by atoms with van der Waals surface area (Å²) in [5.74, 6) is 0.152. The second-order valence-corrected chi connectivity index (χ2v) is 7.70. The Kier molecular flexibility index (Phi) is 5.19. The molecule has 1 aromatic heterocycles. The van der Waals surface area contributed by atoms with Crippen molar-refractivity contribution in [3.8, 4) is 0 Å². The largest absolute Gasteiger partial charge is 0.478 e. The van der Waals surface area contributed by atoms with Crippen LogP contribution < -0.4 is 15.2 Å². The lowest BCUT2D eigenvalue weighted by Gasteiger charge is -2.45. The molecule has 2 N–H and O–H groups in total. The van der Waals surface area contributed by atoms with Gasteiger partial charge >= 0.3 is 12.0 Å². The number of aromatic carboxylic acids is 1. The third kappa shape index (κ3) is 3.40. The number of aromatic nitrogens is 2. The maximum Gasteiger partial charge on any atom is 0.343 e. The van der Waals surface area contributed by atoms with Gasteiger partial charge in [0.25, 0.3) is 0 Å². The number of nitrogens with zero attached hydrogens (tertiary/aromatic N) is 5. The number of hydrogen-bond acceptors (Lipinski definition) is 6. The number of carboxylic acids is 1. The summed E-state index contributed by atoms with van der Waals surface area (Å²) in [6, 6.07) is 5.03.